The number of hydrogen-bond donors (Lipinski definition) is 0. The number of hydrogen-bond acceptors (Lipinski definition) is 1. The number of anilines is 2. The first-order valence-electron chi connectivity index (χ1n) is 5.25. The van der Waals surface area contributed by atoms with E-state index in [1.165, 1.54) is 27.5 Å². The minimum absolute atomic E-state index is 0.677. The summed E-state index contributed by atoms with van der Waals surface area (Å²) in [6.07, 6.45) is 0. The molecule has 1 aliphatic rings. The van der Waals surface area contributed by atoms with Crippen molar-refractivity contribution in [2.75, 3.05) is 11.9 Å². The summed E-state index contributed by atoms with van der Waals surface area (Å²) in [6.45, 7) is 0. The molecule has 0 spiro atoms. The zero-order valence-corrected chi connectivity index (χ0v) is 15.2. The Balaban J connectivity index is 2.17. The monoisotopic (exact) mass is 457 g/mol. The van der Waals surface area contributed by atoms with Crippen molar-refractivity contribution in [3.05, 3.63) is 45.3 Å². The number of halogens is 2. The molecule has 2 aromatic carbocycles. The molecule has 3 rings (SSSR count). The zero-order chi connectivity index (χ0) is 12.0. The Morgan fingerprint density at radius 2 is 1.35 bits per heavy atom. The third-order valence-electron chi connectivity index (χ3n) is 2.91. The zero-order valence-electron chi connectivity index (χ0n) is 9.17. The molecule has 1 aliphatic heterocycles. The van der Waals surface area contributed by atoms with Crippen LogP contribution in [0, 0.1) is 0 Å². The first kappa shape index (κ1) is 12.1. The van der Waals surface area contributed by atoms with Gasteiger partial charge in [0.25, 0.3) is 0 Å². The van der Waals surface area contributed by atoms with Crippen LogP contribution in [-0.2, 0) is 0 Å². The fourth-order valence-electron chi connectivity index (χ4n) is 2.08. The first-order chi connectivity index (χ1) is 8.15. The van der Waals surface area contributed by atoms with E-state index in [-0.39, 0.29) is 0 Å². The van der Waals surface area contributed by atoms with Crippen molar-refractivity contribution in [1.29, 1.82) is 0 Å². The maximum atomic E-state index is 3.56. The van der Waals surface area contributed by atoms with E-state index < -0.39 is 21.1 Å². The predicted octanol–water partition coefficient (Wildman–Crippen LogP) is 2.95. The molecule has 17 heavy (non-hydrogen) atoms. The second kappa shape index (κ2) is 4.59. The van der Waals surface area contributed by atoms with Crippen LogP contribution in [0.4, 0.5) is 11.4 Å². The van der Waals surface area contributed by atoms with Gasteiger partial charge in [0.1, 0.15) is 0 Å². The quantitative estimate of drug-likeness (QED) is 0.550. The van der Waals surface area contributed by atoms with Gasteiger partial charge in [-0.15, -0.1) is 0 Å². The van der Waals surface area contributed by atoms with Crippen LogP contribution in [0.3, 0.4) is 0 Å². The summed E-state index contributed by atoms with van der Waals surface area (Å²) in [5.74, 6) is 0. The minimum atomic E-state index is -0.677. The average molecular weight is 458 g/mol. The number of nitrogens with zero attached hydrogens (tertiary/aromatic N) is 1. The van der Waals surface area contributed by atoms with Gasteiger partial charge in [-0.1, -0.05) is 0 Å². The number of rotatable bonds is 0. The van der Waals surface area contributed by atoms with Crippen molar-refractivity contribution in [1.82, 2.24) is 0 Å². The first-order valence-corrected chi connectivity index (χ1v) is 9.69. The van der Waals surface area contributed by atoms with E-state index in [4.69, 9.17) is 0 Å². The van der Waals surface area contributed by atoms with E-state index in [1.54, 1.807) is 0 Å². The molecule has 0 bridgehead atoms. The number of fused-ring (bicyclic) bond motifs is 2. The van der Waals surface area contributed by atoms with E-state index in [1.807, 2.05) is 0 Å². The summed E-state index contributed by atoms with van der Waals surface area (Å²) < 4.78 is 5.44. The molecule has 2 aromatic rings. The molecule has 4 heteroatoms. The fraction of sp³-hybridized carbons (Fsp3) is 0.0769. The standard InChI is InChI=1S/C13H9Br2N.Sn/c1-16(12-6-2-10(14)3-7-12)13-8-4-11(15)5-9-13;/h2-6,8H,1H3;. The summed E-state index contributed by atoms with van der Waals surface area (Å²) in [7, 11) is 2.15. The van der Waals surface area contributed by atoms with Crippen LogP contribution >= 0.6 is 31.9 Å². The number of benzene rings is 2. The molecule has 84 valence electrons. The second-order valence-corrected chi connectivity index (χ2v) is 9.63. The van der Waals surface area contributed by atoms with E-state index in [9.17, 15) is 0 Å². The third-order valence-corrected chi connectivity index (χ3v) is 7.72. The van der Waals surface area contributed by atoms with Crippen molar-refractivity contribution >= 4 is 71.5 Å². The molecule has 0 amide bonds. The molecule has 0 aromatic heterocycles. The van der Waals surface area contributed by atoms with Crippen molar-refractivity contribution in [2.24, 2.45) is 0 Å². The Morgan fingerprint density at radius 1 is 0.882 bits per heavy atom. The van der Waals surface area contributed by atoms with Crippen LogP contribution in [0.15, 0.2) is 45.3 Å². The van der Waals surface area contributed by atoms with E-state index in [2.05, 4.69) is 80.2 Å². The van der Waals surface area contributed by atoms with Crippen LogP contribution in [-0.4, -0.2) is 28.2 Å². The Morgan fingerprint density at radius 3 is 1.82 bits per heavy atom. The van der Waals surface area contributed by atoms with E-state index >= 15 is 0 Å². The summed E-state index contributed by atoms with van der Waals surface area (Å²) in [4.78, 5) is 2.30. The molecular weight excluding hydrogens is 449 g/mol. The van der Waals surface area contributed by atoms with Gasteiger partial charge in [0.2, 0.25) is 0 Å². The summed E-state index contributed by atoms with van der Waals surface area (Å²) in [5.41, 5.74) is 2.74. The summed E-state index contributed by atoms with van der Waals surface area (Å²) >= 11 is 6.45. The van der Waals surface area contributed by atoms with Gasteiger partial charge in [-0.3, -0.25) is 0 Å². The van der Waals surface area contributed by atoms with Gasteiger partial charge in [0, 0.05) is 0 Å². The summed E-state index contributed by atoms with van der Waals surface area (Å²) in [5, 5.41) is 0. The van der Waals surface area contributed by atoms with Gasteiger partial charge in [-0.2, -0.15) is 0 Å². The van der Waals surface area contributed by atoms with Gasteiger partial charge in [0.15, 0.2) is 0 Å². The average Bonchev–Trinajstić information content (AvgIpc) is 2.28. The van der Waals surface area contributed by atoms with E-state index in [0.29, 0.717) is 0 Å². The molecule has 0 aliphatic carbocycles. The van der Waals surface area contributed by atoms with Gasteiger partial charge in [-0.05, 0) is 0 Å². The molecule has 0 saturated heterocycles. The normalized spacial score (nSPS) is 13.2. The van der Waals surface area contributed by atoms with Crippen LogP contribution in [0.5, 0.6) is 0 Å². The van der Waals surface area contributed by atoms with Gasteiger partial charge >= 0.3 is 129 Å². The van der Waals surface area contributed by atoms with Crippen molar-refractivity contribution in [3.63, 3.8) is 0 Å². The van der Waals surface area contributed by atoms with Crippen LogP contribution < -0.4 is 12.1 Å². The van der Waals surface area contributed by atoms with Gasteiger partial charge in [0.05, 0.1) is 0 Å². The SMILES string of the molecule is CN1c2ccc(Br)c[c]2[Sn][c]2cc(Br)ccc21. The Bertz CT molecular complexity index is 546. The van der Waals surface area contributed by atoms with Crippen molar-refractivity contribution in [2.45, 2.75) is 0 Å². The van der Waals surface area contributed by atoms with E-state index in [0.717, 1.165) is 0 Å². The van der Waals surface area contributed by atoms with Crippen LogP contribution in [0.1, 0.15) is 0 Å². The molecule has 1 heterocycles. The molecule has 1 nitrogen and oxygen atoms in total. The Kier molecular flexibility index (Phi) is 3.26. The second-order valence-electron chi connectivity index (χ2n) is 4.01. The van der Waals surface area contributed by atoms with Gasteiger partial charge < -0.3 is 0 Å². The molecule has 2 radical (unpaired) electrons. The summed E-state index contributed by atoms with van der Waals surface area (Å²) in [6, 6.07) is 13.2. The molecule has 0 fully saturated rings. The Hall–Kier alpha value is -0.00130. The van der Waals surface area contributed by atoms with Crippen molar-refractivity contribution < 1.29 is 0 Å². The topological polar surface area (TPSA) is 3.24 Å². The third kappa shape index (κ3) is 2.17. The molecule has 0 N–H and O–H groups in total. The Labute approximate surface area is 128 Å². The van der Waals surface area contributed by atoms with Crippen LogP contribution in [0.2, 0.25) is 0 Å². The van der Waals surface area contributed by atoms with Gasteiger partial charge in [-0.25, -0.2) is 0 Å². The molecule has 0 atom stereocenters. The van der Waals surface area contributed by atoms with Crippen LogP contribution in [0.25, 0.3) is 0 Å². The van der Waals surface area contributed by atoms with Crippen molar-refractivity contribution in [3.8, 4) is 0 Å². The molecular formula is C13H9Br2NSn. The molecule has 0 unspecified atom stereocenters. The fourth-order valence-corrected chi connectivity index (χ4v) is 8.30. The molecule has 0 saturated carbocycles. The predicted molar refractivity (Wildman–Crippen MR) is 81.4 cm³/mol. The maximum absolute atomic E-state index is 3.56.